The lowest BCUT2D eigenvalue weighted by atomic mass is 9.85. The second-order valence-electron chi connectivity index (χ2n) is 6.70. The molecule has 3 heteroatoms. The summed E-state index contributed by atoms with van der Waals surface area (Å²) in [7, 11) is 1.74. The summed E-state index contributed by atoms with van der Waals surface area (Å²) < 4.78 is 11.6. The van der Waals surface area contributed by atoms with Crippen LogP contribution >= 0.6 is 0 Å². The molecule has 3 nitrogen and oxygen atoms in total. The maximum atomic E-state index is 6.41. The molecule has 1 saturated heterocycles. The van der Waals surface area contributed by atoms with E-state index in [0.29, 0.717) is 5.92 Å². The van der Waals surface area contributed by atoms with Crippen molar-refractivity contribution in [3.05, 3.63) is 60.2 Å². The molecular weight excluding hydrogens is 310 g/mol. The van der Waals surface area contributed by atoms with Crippen LogP contribution in [0.5, 0.6) is 0 Å². The Balaban J connectivity index is 1.87. The van der Waals surface area contributed by atoms with E-state index in [2.05, 4.69) is 59.9 Å². The first-order valence-corrected chi connectivity index (χ1v) is 9.35. The van der Waals surface area contributed by atoms with E-state index in [0.717, 1.165) is 32.7 Å². The van der Waals surface area contributed by atoms with Gasteiger partial charge in [0.05, 0.1) is 6.10 Å². The highest BCUT2D eigenvalue weighted by Gasteiger charge is 2.27. The van der Waals surface area contributed by atoms with Gasteiger partial charge in [-0.3, -0.25) is 0 Å². The third-order valence-electron chi connectivity index (χ3n) is 4.91. The fourth-order valence-corrected chi connectivity index (χ4v) is 3.66. The number of hydrogen-bond acceptors (Lipinski definition) is 3. The number of rotatable bonds is 8. The smallest absolute Gasteiger partial charge is 0.0871 e. The fourth-order valence-electron chi connectivity index (χ4n) is 3.66. The first-order valence-electron chi connectivity index (χ1n) is 9.35. The van der Waals surface area contributed by atoms with E-state index >= 15 is 0 Å². The molecule has 1 aliphatic heterocycles. The van der Waals surface area contributed by atoms with Crippen molar-refractivity contribution in [1.29, 1.82) is 0 Å². The van der Waals surface area contributed by atoms with E-state index in [1.165, 1.54) is 29.5 Å². The quantitative estimate of drug-likeness (QED) is 0.721. The minimum atomic E-state index is 0.126. The zero-order chi connectivity index (χ0) is 17.3. The van der Waals surface area contributed by atoms with Crippen LogP contribution in [0.15, 0.2) is 54.6 Å². The zero-order valence-electron chi connectivity index (χ0n) is 15.1. The predicted octanol–water partition coefficient (Wildman–Crippen LogP) is 4.45. The number of benzene rings is 2. The second-order valence-corrected chi connectivity index (χ2v) is 6.70. The molecule has 2 aromatic carbocycles. The molecule has 0 radical (unpaired) electrons. The molecule has 1 aliphatic rings. The normalized spacial score (nSPS) is 18.8. The van der Waals surface area contributed by atoms with Gasteiger partial charge in [-0.2, -0.15) is 0 Å². The van der Waals surface area contributed by atoms with Gasteiger partial charge in [0.25, 0.3) is 0 Å². The van der Waals surface area contributed by atoms with Gasteiger partial charge in [-0.15, -0.1) is 0 Å². The number of piperidine rings is 1. The van der Waals surface area contributed by atoms with Gasteiger partial charge in [0.2, 0.25) is 0 Å². The standard InChI is InChI=1S/C22H29NO2/c1-24-15-8-16-25-22(19-11-7-14-23-17-19)21-13-6-5-12-20(21)18-9-3-2-4-10-18/h2-6,9-10,12-13,19,22-23H,7-8,11,14-17H2,1H3/t19-,22?/m1/s1. The Labute approximate surface area is 151 Å². The van der Waals surface area contributed by atoms with Gasteiger partial charge in [0, 0.05) is 32.8 Å². The topological polar surface area (TPSA) is 30.5 Å². The summed E-state index contributed by atoms with van der Waals surface area (Å²) in [6.45, 7) is 3.62. The Bertz CT molecular complexity index is 623. The maximum absolute atomic E-state index is 6.41. The molecule has 25 heavy (non-hydrogen) atoms. The van der Waals surface area contributed by atoms with Gasteiger partial charge in [0.15, 0.2) is 0 Å². The molecule has 1 heterocycles. The van der Waals surface area contributed by atoms with Gasteiger partial charge in [-0.25, -0.2) is 0 Å². The number of hydrogen-bond donors (Lipinski definition) is 1. The van der Waals surface area contributed by atoms with Gasteiger partial charge in [0.1, 0.15) is 0 Å². The van der Waals surface area contributed by atoms with Crippen LogP contribution < -0.4 is 5.32 Å². The molecule has 2 aromatic rings. The lowest BCUT2D eigenvalue weighted by Crippen LogP contribution is -2.34. The van der Waals surface area contributed by atoms with E-state index < -0.39 is 0 Å². The summed E-state index contributed by atoms with van der Waals surface area (Å²) in [5.41, 5.74) is 3.84. The highest BCUT2D eigenvalue weighted by atomic mass is 16.5. The minimum absolute atomic E-state index is 0.126. The molecule has 0 aromatic heterocycles. The largest absolute Gasteiger partial charge is 0.385 e. The molecule has 1 fully saturated rings. The molecule has 0 saturated carbocycles. The highest BCUT2D eigenvalue weighted by Crippen LogP contribution is 2.36. The summed E-state index contributed by atoms with van der Waals surface area (Å²) in [5, 5.41) is 3.54. The summed E-state index contributed by atoms with van der Waals surface area (Å²) in [6.07, 6.45) is 3.49. The van der Waals surface area contributed by atoms with Crippen molar-refractivity contribution >= 4 is 0 Å². The lowest BCUT2D eigenvalue weighted by molar-refractivity contribution is -0.00468. The van der Waals surface area contributed by atoms with Crippen LogP contribution in [0.4, 0.5) is 0 Å². The molecule has 1 N–H and O–H groups in total. The summed E-state index contributed by atoms with van der Waals surface area (Å²) >= 11 is 0. The molecule has 0 spiro atoms. The van der Waals surface area contributed by atoms with Crippen LogP contribution in [0.3, 0.4) is 0 Å². The van der Waals surface area contributed by atoms with Crippen molar-refractivity contribution in [3.63, 3.8) is 0 Å². The Hall–Kier alpha value is -1.68. The van der Waals surface area contributed by atoms with Crippen LogP contribution in [-0.2, 0) is 9.47 Å². The molecule has 2 atom stereocenters. The van der Waals surface area contributed by atoms with Gasteiger partial charge in [-0.1, -0.05) is 54.6 Å². The SMILES string of the molecule is COCCCOC(c1ccccc1-c1ccccc1)[C@@H]1CCCNC1. The monoisotopic (exact) mass is 339 g/mol. The first kappa shape index (κ1) is 18.1. The van der Waals surface area contributed by atoms with Crippen molar-refractivity contribution in [1.82, 2.24) is 5.32 Å². The van der Waals surface area contributed by atoms with E-state index in [1.54, 1.807) is 7.11 Å². The molecular formula is C22H29NO2. The third-order valence-corrected chi connectivity index (χ3v) is 4.91. The highest BCUT2D eigenvalue weighted by molar-refractivity contribution is 5.67. The van der Waals surface area contributed by atoms with Crippen molar-refractivity contribution in [2.75, 3.05) is 33.4 Å². The summed E-state index contributed by atoms with van der Waals surface area (Å²) in [4.78, 5) is 0. The van der Waals surface area contributed by atoms with Gasteiger partial charge < -0.3 is 14.8 Å². The van der Waals surface area contributed by atoms with Crippen LogP contribution in [0.1, 0.15) is 30.9 Å². The molecule has 3 rings (SSSR count). The first-order chi connectivity index (χ1) is 12.4. The van der Waals surface area contributed by atoms with Crippen molar-refractivity contribution in [2.24, 2.45) is 5.92 Å². The summed E-state index contributed by atoms with van der Waals surface area (Å²) in [6, 6.07) is 19.3. The average Bonchev–Trinajstić information content (AvgIpc) is 2.69. The van der Waals surface area contributed by atoms with Crippen LogP contribution in [0, 0.1) is 5.92 Å². The van der Waals surface area contributed by atoms with Crippen LogP contribution in [0.25, 0.3) is 11.1 Å². The van der Waals surface area contributed by atoms with E-state index in [1.807, 2.05) is 0 Å². The van der Waals surface area contributed by atoms with E-state index in [-0.39, 0.29) is 6.10 Å². The second kappa shape index (κ2) is 9.71. The summed E-state index contributed by atoms with van der Waals surface area (Å²) in [5.74, 6) is 0.515. The van der Waals surface area contributed by atoms with Crippen molar-refractivity contribution in [2.45, 2.75) is 25.4 Å². The molecule has 0 aliphatic carbocycles. The molecule has 134 valence electrons. The molecule has 0 bridgehead atoms. The fraction of sp³-hybridized carbons (Fsp3) is 0.455. The van der Waals surface area contributed by atoms with E-state index in [4.69, 9.17) is 9.47 Å². The Kier molecular flexibility index (Phi) is 7.04. The Morgan fingerprint density at radius 2 is 1.84 bits per heavy atom. The minimum Gasteiger partial charge on any atom is -0.385 e. The number of nitrogens with one attached hydrogen (secondary N) is 1. The molecule has 0 amide bonds. The van der Waals surface area contributed by atoms with Crippen LogP contribution in [-0.4, -0.2) is 33.4 Å². The predicted molar refractivity (Wildman–Crippen MR) is 103 cm³/mol. The van der Waals surface area contributed by atoms with Gasteiger partial charge >= 0.3 is 0 Å². The van der Waals surface area contributed by atoms with Crippen LogP contribution in [0.2, 0.25) is 0 Å². The van der Waals surface area contributed by atoms with Gasteiger partial charge in [-0.05, 0) is 42.5 Å². The van der Waals surface area contributed by atoms with Crippen molar-refractivity contribution < 1.29 is 9.47 Å². The Morgan fingerprint density at radius 1 is 1.04 bits per heavy atom. The maximum Gasteiger partial charge on any atom is 0.0871 e. The lowest BCUT2D eigenvalue weighted by Gasteiger charge is -2.32. The zero-order valence-corrected chi connectivity index (χ0v) is 15.1. The van der Waals surface area contributed by atoms with Crippen molar-refractivity contribution in [3.8, 4) is 11.1 Å². The van der Waals surface area contributed by atoms with E-state index in [9.17, 15) is 0 Å². The Morgan fingerprint density at radius 3 is 2.60 bits per heavy atom. The third kappa shape index (κ3) is 4.91. The average molecular weight is 339 g/mol. The number of ether oxygens (including phenoxy) is 2. The number of methoxy groups -OCH3 is 1. The molecule has 1 unspecified atom stereocenters.